The molecule has 2 heterocycles. The Morgan fingerprint density at radius 3 is 2.02 bits per heavy atom. The zero-order chi connectivity index (χ0) is 30.5. The summed E-state index contributed by atoms with van der Waals surface area (Å²) in [5.41, 5.74) is 10.5. The molecule has 0 unspecified atom stereocenters. The topological polar surface area (TPSA) is 16.4 Å². The van der Waals surface area contributed by atoms with Crippen LogP contribution in [0.15, 0.2) is 132 Å². The molecule has 6 aromatic carbocycles. The van der Waals surface area contributed by atoms with Crippen LogP contribution in [0.4, 0.5) is 17.1 Å². The summed E-state index contributed by atoms with van der Waals surface area (Å²) in [6, 6.07) is 46.3. The van der Waals surface area contributed by atoms with Crippen LogP contribution >= 0.6 is 11.3 Å². The summed E-state index contributed by atoms with van der Waals surface area (Å²) in [7, 11) is 0. The number of benzene rings is 6. The number of fused-ring (bicyclic) bond motifs is 10. The highest BCUT2D eigenvalue weighted by Crippen LogP contribution is 2.58. The molecule has 0 saturated heterocycles. The fourth-order valence-corrected chi connectivity index (χ4v) is 8.69. The lowest BCUT2D eigenvalue weighted by molar-refractivity contribution is 0.299. The van der Waals surface area contributed by atoms with E-state index in [0.717, 1.165) is 39.0 Å². The third kappa shape index (κ3) is 3.68. The molecule has 1 aliphatic carbocycles. The van der Waals surface area contributed by atoms with E-state index in [1.54, 1.807) is 0 Å². The Kier molecular flexibility index (Phi) is 5.50. The lowest BCUT2D eigenvalue weighted by Gasteiger charge is -2.49. The van der Waals surface area contributed by atoms with E-state index >= 15 is 0 Å². The molecule has 0 radical (unpaired) electrons. The highest BCUT2D eigenvalue weighted by atomic mass is 32.1. The van der Waals surface area contributed by atoms with E-state index in [2.05, 4.69) is 148 Å². The summed E-state index contributed by atoms with van der Waals surface area (Å²) in [6.07, 6.45) is 0. The fraction of sp³-hybridized carbons (Fsp3) is 0.143. The summed E-state index contributed by atoms with van der Waals surface area (Å²) in [4.78, 5) is 2.37. The second-order valence-electron chi connectivity index (χ2n) is 13.4. The summed E-state index contributed by atoms with van der Waals surface area (Å²) >= 11 is 1.90. The average molecular weight is 600 g/mol. The fourth-order valence-electron chi connectivity index (χ4n) is 7.57. The van der Waals surface area contributed by atoms with Crippen molar-refractivity contribution in [3.05, 3.63) is 139 Å². The van der Waals surface area contributed by atoms with E-state index in [1.807, 2.05) is 23.5 Å². The molecular formula is C42H33NOS. The molecule has 1 aliphatic rings. The van der Waals surface area contributed by atoms with Gasteiger partial charge in [0.05, 0.1) is 0 Å². The van der Waals surface area contributed by atoms with E-state index in [4.69, 9.17) is 4.42 Å². The number of thiophene rings is 1. The van der Waals surface area contributed by atoms with Gasteiger partial charge >= 0.3 is 0 Å². The Morgan fingerprint density at radius 1 is 0.511 bits per heavy atom. The van der Waals surface area contributed by atoms with E-state index < -0.39 is 0 Å². The van der Waals surface area contributed by atoms with Crippen molar-refractivity contribution in [2.45, 2.75) is 38.5 Å². The van der Waals surface area contributed by atoms with Crippen LogP contribution in [0.1, 0.15) is 38.8 Å². The minimum atomic E-state index is -0.115. The molecule has 9 rings (SSSR count). The second kappa shape index (κ2) is 9.32. The molecular weight excluding hydrogens is 567 g/mol. The lowest BCUT2D eigenvalue weighted by atomic mass is 9.55. The summed E-state index contributed by atoms with van der Waals surface area (Å²) in [5, 5.41) is 5.03. The van der Waals surface area contributed by atoms with Crippen LogP contribution in [0.25, 0.3) is 53.2 Å². The third-order valence-electron chi connectivity index (χ3n) is 10.6. The molecule has 2 nitrogen and oxygen atoms in total. The number of hydrogen-bond acceptors (Lipinski definition) is 3. The van der Waals surface area contributed by atoms with Crippen LogP contribution in [0.3, 0.4) is 0 Å². The van der Waals surface area contributed by atoms with Crippen molar-refractivity contribution < 1.29 is 4.42 Å². The van der Waals surface area contributed by atoms with Crippen LogP contribution in [-0.2, 0) is 10.8 Å². The Morgan fingerprint density at radius 2 is 1.18 bits per heavy atom. The van der Waals surface area contributed by atoms with Gasteiger partial charge in [-0.25, -0.2) is 0 Å². The first-order chi connectivity index (χ1) is 21.8. The number of hydrogen-bond donors (Lipinski definition) is 0. The molecule has 2 aromatic heterocycles. The van der Waals surface area contributed by atoms with Crippen molar-refractivity contribution in [1.29, 1.82) is 0 Å². The highest BCUT2D eigenvalue weighted by Gasteiger charge is 2.46. The van der Waals surface area contributed by atoms with Crippen molar-refractivity contribution in [2.24, 2.45) is 0 Å². The van der Waals surface area contributed by atoms with Gasteiger partial charge in [0.25, 0.3) is 0 Å². The van der Waals surface area contributed by atoms with Crippen molar-refractivity contribution >= 4 is 70.5 Å². The van der Waals surface area contributed by atoms with Gasteiger partial charge in [-0.3, -0.25) is 0 Å². The lowest BCUT2D eigenvalue weighted by Crippen LogP contribution is -2.43. The Labute approximate surface area is 267 Å². The summed E-state index contributed by atoms with van der Waals surface area (Å²) in [6.45, 7) is 9.68. The molecule has 0 aliphatic heterocycles. The average Bonchev–Trinajstić information content (AvgIpc) is 3.62. The van der Waals surface area contributed by atoms with Gasteiger partial charge in [-0.15, -0.1) is 11.3 Å². The number of nitrogens with zero attached hydrogens (tertiary/aromatic N) is 1. The molecule has 45 heavy (non-hydrogen) atoms. The van der Waals surface area contributed by atoms with E-state index in [-0.39, 0.29) is 10.8 Å². The first-order valence-electron chi connectivity index (χ1n) is 15.7. The van der Waals surface area contributed by atoms with E-state index in [0.29, 0.717) is 0 Å². The second-order valence-corrected chi connectivity index (χ2v) is 14.5. The van der Waals surface area contributed by atoms with Gasteiger partial charge in [0.2, 0.25) is 0 Å². The van der Waals surface area contributed by atoms with Gasteiger partial charge in [-0.2, -0.15) is 0 Å². The minimum Gasteiger partial charge on any atom is -0.456 e. The molecule has 8 aromatic rings. The number of anilines is 3. The SMILES string of the molecule is CC1(C)c2cc(N(c3ccccc3)c3ccc4c(c3)oc3ccccc34)ccc2-c2c(ccc3sc4ccccc4c23)C1(C)C. The predicted molar refractivity (Wildman–Crippen MR) is 193 cm³/mol. The zero-order valence-electron chi connectivity index (χ0n) is 25.9. The standard InChI is InChI=1S/C42H33NOS/c1-41(2)33-22-23-38-40(32-15-9-11-17-37(32)45-38)39(33)31-21-19-27(24-34(31)42(41,3)4)43(26-12-6-5-7-13-26)28-18-20-30-29-14-8-10-16-35(29)44-36(30)25-28/h5-25H,1-4H3. The zero-order valence-corrected chi connectivity index (χ0v) is 26.7. The van der Waals surface area contributed by atoms with E-state index in [9.17, 15) is 0 Å². The molecule has 0 N–H and O–H groups in total. The van der Waals surface area contributed by atoms with Crippen LogP contribution in [-0.4, -0.2) is 0 Å². The van der Waals surface area contributed by atoms with Crippen LogP contribution in [0, 0.1) is 0 Å². The molecule has 0 saturated carbocycles. The monoisotopic (exact) mass is 599 g/mol. The maximum Gasteiger partial charge on any atom is 0.137 e. The maximum atomic E-state index is 6.35. The normalized spacial score (nSPS) is 15.0. The Bertz CT molecular complexity index is 2440. The number of furan rings is 1. The van der Waals surface area contributed by atoms with Gasteiger partial charge < -0.3 is 9.32 Å². The molecule has 0 atom stereocenters. The van der Waals surface area contributed by atoms with Crippen molar-refractivity contribution in [1.82, 2.24) is 0 Å². The summed E-state index contributed by atoms with van der Waals surface area (Å²) < 4.78 is 9.05. The van der Waals surface area contributed by atoms with Gasteiger partial charge in [0.15, 0.2) is 0 Å². The van der Waals surface area contributed by atoms with Crippen LogP contribution in [0.5, 0.6) is 0 Å². The molecule has 0 bridgehead atoms. The first-order valence-corrected chi connectivity index (χ1v) is 16.5. The largest absolute Gasteiger partial charge is 0.456 e. The minimum absolute atomic E-state index is 0.0874. The van der Waals surface area contributed by atoms with Gasteiger partial charge in [0, 0.05) is 54.1 Å². The summed E-state index contributed by atoms with van der Waals surface area (Å²) in [5.74, 6) is 0. The first kappa shape index (κ1) is 26.5. The predicted octanol–water partition coefficient (Wildman–Crippen LogP) is 12.7. The van der Waals surface area contributed by atoms with Crippen molar-refractivity contribution in [3.8, 4) is 11.1 Å². The van der Waals surface area contributed by atoms with Crippen molar-refractivity contribution in [3.63, 3.8) is 0 Å². The molecule has 0 spiro atoms. The smallest absolute Gasteiger partial charge is 0.137 e. The molecule has 218 valence electrons. The molecule has 0 amide bonds. The number of rotatable bonds is 3. The van der Waals surface area contributed by atoms with Crippen molar-refractivity contribution in [2.75, 3.05) is 4.90 Å². The Hall–Kier alpha value is -4.86. The molecule has 3 heteroatoms. The van der Waals surface area contributed by atoms with Gasteiger partial charge in [-0.1, -0.05) is 94.4 Å². The van der Waals surface area contributed by atoms with Crippen LogP contribution in [0.2, 0.25) is 0 Å². The molecule has 0 fully saturated rings. The van der Waals surface area contributed by atoms with Gasteiger partial charge in [-0.05, 0) is 87.7 Å². The third-order valence-corrected chi connectivity index (χ3v) is 11.8. The van der Waals surface area contributed by atoms with Gasteiger partial charge in [0.1, 0.15) is 11.2 Å². The quantitative estimate of drug-likeness (QED) is 0.201. The van der Waals surface area contributed by atoms with Crippen LogP contribution < -0.4 is 4.90 Å². The Balaban J connectivity index is 1.30. The highest BCUT2D eigenvalue weighted by molar-refractivity contribution is 7.25. The number of para-hydroxylation sites is 2. The maximum absolute atomic E-state index is 6.35. The van der Waals surface area contributed by atoms with E-state index in [1.165, 1.54) is 42.4 Å².